The maximum Gasteiger partial charge on any atom is 0.306 e. The van der Waals surface area contributed by atoms with Gasteiger partial charge in [-0.1, -0.05) is 150 Å². The van der Waals surface area contributed by atoms with Gasteiger partial charge < -0.3 is 64.2 Å². The standard InChI is InChI=1S/C53H86O15/c1-3-5-7-9-11-13-15-17-19-20-22-24-26-28-30-32-34-36-45(56)66-41(38-63-44(55)35-33-31-29-27-25-23-21-18-16-14-12-10-8-6-4-2)39-64-52-51(62)49(60)47(58)43(68-52)40-65-53-50(61)48(59)46(57)42(37-54)67-53/h6,8,10,12,14,16-19,21-22,24,28,30,41-43,46-54,57-62H,3-5,7,9,11,13,15,20,23,25-27,29,31-40H2,1-2H3/b8-6+,12-10+,16-14+,19-17+,21-18+,24-22+,30-28+/t41-,42+,43+,46-,47-,48?,49?,50?,51?,52+,53+/m1/s1. The lowest BCUT2D eigenvalue weighted by Crippen LogP contribution is -2.61. The van der Waals surface area contributed by atoms with Crippen molar-refractivity contribution in [1.29, 1.82) is 0 Å². The molecule has 0 aromatic heterocycles. The maximum absolute atomic E-state index is 13.0. The van der Waals surface area contributed by atoms with Crippen LogP contribution in [-0.4, -0.2) is 142 Å². The van der Waals surface area contributed by atoms with Gasteiger partial charge in [0.25, 0.3) is 0 Å². The molecule has 7 N–H and O–H groups in total. The molecule has 2 aliphatic rings. The van der Waals surface area contributed by atoms with Gasteiger partial charge in [-0.15, -0.1) is 0 Å². The smallest absolute Gasteiger partial charge is 0.306 e. The number of hydrogen-bond donors (Lipinski definition) is 7. The van der Waals surface area contributed by atoms with Crippen molar-refractivity contribution in [3.63, 3.8) is 0 Å². The zero-order chi connectivity index (χ0) is 49.6. The minimum absolute atomic E-state index is 0.0830. The number of ether oxygens (including phenoxy) is 6. The van der Waals surface area contributed by atoms with Crippen LogP contribution in [0.1, 0.15) is 142 Å². The molecule has 0 aliphatic carbocycles. The Morgan fingerprint density at radius 1 is 0.500 bits per heavy atom. The third kappa shape index (κ3) is 27.2. The highest BCUT2D eigenvalue weighted by molar-refractivity contribution is 5.70. The maximum atomic E-state index is 13.0. The first kappa shape index (κ1) is 60.8. The van der Waals surface area contributed by atoms with Crippen molar-refractivity contribution < 1.29 is 73.8 Å². The first-order chi connectivity index (χ1) is 33.0. The van der Waals surface area contributed by atoms with E-state index in [0.717, 1.165) is 57.8 Å². The van der Waals surface area contributed by atoms with E-state index in [1.54, 1.807) is 0 Å². The molecule has 2 heterocycles. The van der Waals surface area contributed by atoms with E-state index in [1.807, 2.05) is 48.6 Å². The number of esters is 2. The molecule has 2 aliphatic heterocycles. The van der Waals surface area contributed by atoms with Crippen molar-refractivity contribution >= 4 is 11.9 Å². The monoisotopic (exact) mass is 963 g/mol. The van der Waals surface area contributed by atoms with Crippen LogP contribution in [0.4, 0.5) is 0 Å². The van der Waals surface area contributed by atoms with Crippen LogP contribution in [0.25, 0.3) is 0 Å². The lowest BCUT2D eigenvalue weighted by Gasteiger charge is -2.42. The molecule has 15 nitrogen and oxygen atoms in total. The van der Waals surface area contributed by atoms with Gasteiger partial charge in [-0.3, -0.25) is 9.59 Å². The third-order valence-corrected chi connectivity index (χ3v) is 11.5. The molecule has 2 fully saturated rings. The highest BCUT2D eigenvalue weighted by atomic mass is 16.7. The fraction of sp³-hybridized carbons (Fsp3) is 0.698. The van der Waals surface area contributed by atoms with Gasteiger partial charge in [-0.2, -0.15) is 0 Å². The Balaban J connectivity index is 1.86. The second-order valence-electron chi connectivity index (χ2n) is 17.3. The van der Waals surface area contributed by atoms with Gasteiger partial charge in [0.1, 0.15) is 55.4 Å². The van der Waals surface area contributed by atoms with Gasteiger partial charge in [-0.05, 0) is 64.2 Å². The van der Waals surface area contributed by atoms with Crippen LogP contribution in [0, 0.1) is 0 Å². The van der Waals surface area contributed by atoms with E-state index in [4.69, 9.17) is 28.4 Å². The molecule has 0 saturated carbocycles. The Morgan fingerprint density at radius 3 is 1.63 bits per heavy atom. The minimum atomic E-state index is -1.78. The molecule has 4 unspecified atom stereocenters. The summed E-state index contributed by atoms with van der Waals surface area (Å²) in [6, 6.07) is 0. The molecule has 388 valence electrons. The van der Waals surface area contributed by atoms with Crippen LogP contribution in [-0.2, 0) is 38.0 Å². The highest BCUT2D eigenvalue weighted by Crippen LogP contribution is 2.26. The van der Waals surface area contributed by atoms with E-state index in [2.05, 4.69) is 50.3 Å². The van der Waals surface area contributed by atoms with E-state index in [0.29, 0.717) is 19.3 Å². The minimum Gasteiger partial charge on any atom is -0.462 e. The van der Waals surface area contributed by atoms with Crippen molar-refractivity contribution in [2.75, 3.05) is 26.4 Å². The summed E-state index contributed by atoms with van der Waals surface area (Å²) in [6.45, 7) is 2.34. The van der Waals surface area contributed by atoms with Gasteiger partial charge in [-0.25, -0.2) is 0 Å². The zero-order valence-electron chi connectivity index (χ0n) is 40.8. The number of hydrogen-bond acceptors (Lipinski definition) is 15. The van der Waals surface area contributed by atoms with Crippen LogP contribution in [0.2, 0.25) is 0 Å². The van der Waals surface area contributed by atoms with E-state index in [-0.39, 0.29) is 19.4 Å². The fourth-order valence-electron chi connectivity index (χ4n) is 7.30. The van der Waals surface area contributed by atoms with Crippen LogP contribution in [0.15, 0.2) is 85.1 Å². The Kier molecular flexibility index (Phi) is 35.2. The number of unbranched alkanes of at least 4 members (excludes halogenated alkanes) is 12. The Bertz CT molecular complexity index is 1510. The average molecular weight is 963 g/mol. The molecule has 15 heteroatoms. The molecule has 0 bridgehead atoms. The Hall–Kier alpha value is -3.32. The number of aliphatic hydroxyl groups excluding tert-OH is 7. The van der Waals surface area contributed by atoms with Crippen molar-refractivity contribution in [3.8, 4) is 0 Å². The van der Waals surface area contributed by atoms with Crippen molar-refractivity contribution in [2.24, 2.45) is 0 Å². The number of rotatable bonds is 37. The lowest BCUT2D eigenvalue weighted by molar-refractivity contribution is -0.332. The van der Waals surface area contributed by atoms with E-state index >= 15 is 0 Å². The van der Waals surface area contributed by atoms with E-state index < -0.39 is 99.3 Å². The highest BCUT2D eigenvalue weighted by Gasteiger charge is 2.47. The average Bonchev–Trinajstić information content (AvgIpc) is 3.33. The van der Waals surface area contributed by atoms with Gasteiger partial charge >= 0.3 is 11.9 Å². The molecule has 0 aromatic rings. The van der Waals surface area contributed by atoms with Gasteiger partial charge in [0.2, 0.25) is 0 Å². The Morgan fingerprint density at radius 2 is 1.00 bits per heavy atom. The van der Waals surface area contributed by atoms with Crippen LogP contribution >= 0.6 is 0 Å². The van der Waals surface area contributed by atoms with Crippen molar-refractivity contribution in [1.82, 2.24) is 0 Å². The number of carbonyl (C=O) groups is 2. The third-order valence-electron chi connectivity index (χ3n) is 11.5. The molecule has 2 rings (SSSR count). The summed E-state index contributed by atoms with van der Waals surface area (Å²) in [7, 11) is 0. The first-order valence-corrected chi connectivity index (χ1v) is 25.2. The SMILES string of the molecule is CC/C=C/C=C/C=C/C=C/CCCCCCCC(=O)OC[C@H](CO[C@H]1O[C@@H](CO[C@H]2O[C@@H](CO)[C@@H](O)C(O)C2O)[C@@H](O)C(O)C1O)OC(=O)CCC/C=C/C/C=C/C/C=C/CCCCCCCC. The molecule has 0 aromatic carbocycles. The normalized spacial score (nSPS) is 26.5. The zero-order valence-corrected chi connectivity index (χ0v) is 40.8. The van der Waals surface area contributed by atoms with Crippen LogP contribution < -0.4 is 0 Å². The fourth-order valence-corrected chi connectivity index (χ4v) is 7.30. The topological polar surface area (TPSA) is 231 Å². The summed E-state index contributed by atoms with van der Waals surface area (Å²) in [5.41, 5.74) is 0. The van der Waals surface area contributed by atoms with Gasteiger partial charge in [0.15, 0.2) is 18.7 Å². The summed E-state index contributed by atoms with van der Waals surface area (Å²) < 4.78 is 33.5. The predicted molar refractivity (Wildman–Crippen MR) is 261 cm³/mol. The summed E-state index contributed by atoms with van der Waals surface area (Å²) in [5, 5.41) is 72.0. The van der Waals surface area contributed by atoms with Crippen LogP contribution in [0.3, 0.4) is 0 Å². The van der Waals surface area contributed by atoms with E-state index in [1.165, 1.54) is 38.5 Å². The number of aliphatic hydroxyl groups is 7. The molecule has 68 heavy (non-hydrogen) atoms. The first-order valence-electron chi connectivity index (χ1n) is 25.2. The quantitative estimate of drug-likeness (QED) is 0.0147. The summed E-state index contributed by atoms with van der Waals surface area (Å²) in [5.74, 6) is -1.02. The second kappa shape index (κ2) is 39.4. The molecule has 11 atom stereocenters. The van der Waals surface area contributed by atoms with E-state index in [9.17, 15) is 45.3 Å². The predicted octanol–water partition coefficient (Wildman–Crippen LogP) is 6.82. The largest absolute Gasteiger partial charge is 0.462 e. The lowest BCUT2D eigenvalue weighted by atomic mass is 9.98. The molecular weight excluding hydrogens is 877 g/mol. The van der Waals surface area contributed by atoms with Crippen LogP contribution in [0.5, 0.6) is 0 Å². The number of carbonyl (C=O) groups excluding carboxylic acids is 2. The van der Waals surface area contributed by atoms with Gasteiger partial charge in [0, 0.05) is 12.8 Å². The molecular formula is C53H86O15. The Labute approximate surface area is 405 Å². The second-order valence-corrected chi connectivity index (χ2v) is 17.3. The summed E-state index contributed by atoms with van der Waals surface area (Å²) in [4.78, 5) is 25.7. The molecule has 2 saturated heterocycles. The molecule has 0 amide bonds. The van der Waals surface area contributed by atoms with Gasteiger partial charge in [0.05, 0.1) is 19.8 Å². The molecule has 0 radical (unpaired) electrons. The molecule has 0 spiro atoms. The summed E-state index contributed by atoms with van der Waals surface area (Å²) >= 11 is 0. The summed E-state index contributed by atoms with van der Waals surface area (Å²) in [6.07, 6.45) is 30.5. The van der Waals surface area contributed by atoms with Crippen molar-refractivity contribution in [3.05, 3.63) is 85.1 Å². The van der Waals surface area contributed by atoms with Crippen molar-refractivity contribution in [2.45, 2.75) is 210 Å². The number of allylic oxidation sites excluding steroid dienone is 14.